The van der Waals surface area contributed by atoms with Gasteiger partial charge in [0.05, 0.1) is 12.1 Å². The van der Waals surface area contributed by atoms with E-state index in [1.54, 1.807) is 0 Å². The molecule has 3 unspecified atom stereocenters. The highest BCUT2D eigenvalue weighted by Gasteiger charge is 2.38. The van der Waals surface area contributed by atoms with Crippen LogP contribution in [0.25, 0.3) is 0 Å². The van der Waals surface area contributed by atoms with Crippen LogP contribution in [0.15, 0.2) is 0 Å². The Bertz CT molecular complexity index is 381. The monoisotopic (exact) mass is 298 g/mol. The van der Waals surface area contributed by atoms with Gasteiger partial charge in [-0.15, -0.1) is 0 Å². The predicted octanol–water partition coefficient (Wildman–Crippen LogP) is 2.53. The fourth-order valence-corrected chi connectivity index (χ4v) is 2.54. The van der Waals surface area contributed by atoms with Crippen molar-refractivity contribution in [1.82, 2.24) is 0 Å². The number of nitrogens with two attached hydrogens (primary N) is 2. The summed E-state index contributed by atoms with van der Waals surface area (Å²) in [5, 5.41) is 0. The first-order chi connectivity index (χ1) is 9.21. The van der Waals surface area contributed by atoms with E-state index in [0.29, 0.717) is 6.42 Å². The van der Waals surface area contributed by atoms with E-state index in [0.717, 1.165) is 0 Å². The van der Waals surface area contributed by atoms with Gasteiger partial charge in [-0.25, -0.2) is 0 Å². The third kappa shape index (κ3) is 5.51. The van der Waals surface area contributed by atoms with Crippen LogP contribution in [0, 0.1) is 22.7 Å². The number of hydrogen-bond donors (Lipinski definition) is 2. The second-order valence-corrected chi connectivity index (χ2v) is 8.34. The van der Waals surface area contributed by atoms with Crippen LogP contribution in [-0.4, -0.2) is 23.7 Å². The third-order valence-electron chi connectivity index (χ3n) is 4.18. The van der Waals surface area contributed by atoms with Gasteiger partial charge >= 0.3 is 0 Å². The van der Waals surface area contributed by atoms with Crippen molar-refractivity contribution in [2.45, 2.75) is 73.9 Å². The van der Waals surface area contributed by atoms with E-state index in [-0.39, 0.29) is 23.4 Å². The number of hydrogen-bond acceptors (Lipinski definition) is 4. The molecule has 0 heterocycles. The molecule has 0 aromatic carbocycles. The number of rotatable bonds is 7. The molecular formula is C17H34N2O2. The minimum Gasteiger partial charge on any atom is -0.321 e. The Kier molecular flexibility index (Phi) is 6.77. The highest BCUT2D eigenvalue weighted by atomic mass is 16.1. The van der Waals surface area contributed by atoms with Crippen LogP contribution < -0.4 is 11.5 Å². The van der Waals surface area contributed by atoms with Crippen molar-refractivity contribution in [3.8, 4) is 0 Å². The Morgan fingerprint density at radius 2 is 1.29 bits per heavy atom. The fourth-order valence-electron chi connectivity index (χ4n) is 2.54. The van der Waals surface area contributed by atoms with Crippen molar-refractivity contribution in [2.75, 3.05) is 0 Å². The zero-order valence-corrected chi connectivity index (χ0v) is 15.0. The number of carbonyl (C=O) groups excluding carboxylic acids is 2. The van der Waals surface area contributed by atoms with Crippen molar-refractivity contribution in [2.24, 2.45) is 34.1 Å². The van der Waals surface area contributed by atoms with Crippen LogP contribution in [0.4, 0.5) is 0 Å². The normalized spacial score (nSPS) is 17.5. The quantitative estimate of drug-likeness (QED) is 0.756. The largest absolute Gasteiger partial charge is 0.321 e. The molecule has 4 N–H and O–H groups in total. The summed E-state index contributed by atoms with van der Waals surface area (Å²) in [5.41, 5.74) is 11.0. The SMILES string of the molecule is CC(C)C(N)C(=O)C(C)(C)CC(C)C(N)C(=O)C(C)(C)C. The minimum atomic E-state index is -0.571. The first-order valence-corrected chi connectivity index (χ1v) is 7.81. The van der Waals surface area contributed by atoms with Gasteiger partial charge in [0.1, 0.15) is 0 Å². The lowest BCUT2D eigenvalue weighted by molar-refractivity contribution is -0.132. The summed E-state index contributed by atoms with van der Waals surface area (Å²) in [5.74, 6) is 0.123. The molecular weight excluding hydrogens is 264 g/mol. The lowest BCUT2D eigenvalue weighted by atomic mass is 9.72. The van der Waals surface area contributed by atoms with Gasteiger partial charge in [-0.1, -0.05) is 55.4 Å². The average Bonchev–Trinajstić information content (AvgIpc) is 2.33. The zero-order valence-electron chi connectivity index (χ0n) is 15.0. The summed E-state index contributed by atoms with van der Waals surface area (Å²) in [6.07, 6.45) is 0.565. The minimum absolute atomic E-state index is 0.0337. The molecule has 0 aliphatic heterocycles. The molecule has 21 heavy (non-hydrogen) atoms. The predicted molar refractivity (Wildman–Crippen MR) is 87.8 cm³/mol. The van der Waals surface area contributed by atoms with E-state index in [1.807, 2.05) is 55.4 Å². The van der Waals surface area contributed by atoms with Gasteiger partial charge in [0.2, 0.25) is 0 Å². The average molecular weight is 298 g/mol. The molecule has 0 aliphatic rings. The van der Waals surface area contributed by atoms with Crippen LogP contribution in [0.1, 0.15) is 61.8 Å². The molecule has 0 bridgehead atoms. The van der Waals surface area contributed by atoms with Gasteiger partial charge in [-0.2, -0.15) is 0 Å². The lowest BCUT2D eigenvalue weighted by Crippen LogP contribution is -2.48. The van der Waals surface area contributed by atoms with E-state index in [2.05, 4.69) is 0 Å². The van der Waals surface area contributed by atoms with Crippen molar-refractivity contribution in [1.29, 1.82) is 0 Å². The van der Waals surface area contributed by atoms with Crippen molar-refractivity contribution in [3.05, 3.63) is 0 Å². The van der Waals surface area contributed by atoms with Crippen LogP contribution in [-0.2, 0) is 9.59 Å². The zero-order chi connectivity index (χ0) is 17.2. The summed E-state index contributed by atoms with van der Waals surface area (Å²) in [7, 11) is 0. The summed E-state index contributed by atoms with van der Waals surface area (Å²) < 4.78 is 0. The molecule has 0 aromatic heterocycles. The molecule has 4 nitrogen and oxygen atoms in total. The molecule has 3 atom stereocenters. The first-order valence-electron chi connectivity index (χ1n) is 7.81. The van der Waals surface area contributed by atoms with Gasteiger partial charge < -0.3 is 11.5 Å². The maximum absolute atomic E-state index is 12.5. The van der Waals surface area contributed by atoms with E-state index in [4.69, 9.17) is 11.5 Å². The van der Waals surface area contributed by atoms with Crippen LogP contribution in [0.5, 0.6) is 0 Å². The molecule has 0 amide bonds. The number of carbonyl (C=O) groups is 2. The van der Waals surface area contributed by atoms with Gasteiger partial charge in [-0.3, -0.25) is 9.59 Å². The topological polar surface area (TPSA) is 86.2 Å². The van der Waals surface area contributed by atoms with E-state index < -0.39 is 22.9 Å². The Labute approximate surface area is 130 Å². The maximum Gasteiger partial charge on any atom is 0.155 e. The van der Waals surface area contributed by atoms with Crippen LogP contribution >= 0.6 is 0 Å². The second kappa shape index (κ2) is 7.01. The Morgan fingerprint density at radius 1 is 0.857 bits per heavy atom. The summed E-state index contributed by atoms with van der Waals surface area (Å²) in [6, 6.07) is -1.02. The van der Waals surface area contributed by atoms with Crippen LogP contribution in [0.3, 0.4) is 0 Å². The molecule has 0 rings (SSSR count). The summed E-state index contributed by atoms with van der Waals surface area (Å²) in [6.45, 7) is 15.2. The van der Waals surface area contributed by atoms with E-state index >= 15 is 0 Å². The van der Waals surface area contributed by atoms with Gasteiger partial charge in [0, 0.05) is 10.8 Å². The van der Waals surface area contributed by atoms with Crippen molar-refractivity contribution in [3.63, 3.8) is 0 Å². The second-order valence-electron chi connectivity index (χ2n) is 8.34. The van der Waals surface area contributed by atoms with Gasteiger partial charge in [-0.05, 0) is 18.3 Å². The molecule has 0 radical (unpaired) electrons. The number of ketones is 2. The summed E-state index contributed by atoms with van der Waals surface area (Å²) in [4.78, 5) is 24.7. The molecule has 124 valence electrons. The maximum atomic E-state index is 12.5. The molecule has 4 heteroatoms. The van der Waals surface area contributed by atoms with E-state index in [9.17, 15) is 9.59 Å². The van der Waals surface area contributed by atoms with E-state index in [1.165, 1.54) is 0 Å². The van der Waals surface area contributed by atoms with Crippen molar-refractivity contribution >= 4 is 11.6 Å². The molecule has 0 aromatic rings. The molecule has 0 spiro atoms. The standard InChI is InChI=1S/C17H34N2O2/c1-10(2)12(18)15(21)17(7,8)9-11(3)13(19)14(20)16(4,5)6/h10-13H,9,18-19H2,1-8H3. The molecule has 0 saturated heterocycles. The Balaban J connectivity index is 4.94. The molecule has 0 aliphatic carbocycles. The number of Topliss-reactive ketones (excluding diaryl/α,β-unsaturated/α-hetero) is 2. The lowest BCUT2D eigenvalue weighted by Gasteiger charge is -2.33. The molecule has 0 saturated carbocycles. The molecule has 0 fully saturated rings. The smallest absolute Gasteiger partial charge is 0.155 e. The first kappa shape index (κ1) is 20.3. The van der Waals surface area contributed by atoms with Crippen LogP contribution in [0.2, 0.25) is 0 Å². The fraction of sp³-hybridized carbons (Fsp3) is 0.882. The van der Waals surface area contributed by atoms with Crippen molar-refractivity contribution < 1.29 is 9.59 Å². The van der Waals surface area contributed by atoms with Gasteiger partial charge in [0.25, 0.3) is 0 Å². The summed E-state index contributed by atoms with van der Waals surface area (Å²) >= 11 is 0. The Morgan fingerprint density at radius 3 is 1.62 bits per heavy atom. The highest BCUT2D eigenvalue weighted by Crippen LogP contribution is 2.31. The Hall–Kier alpha value is -0.740. The highest BCUT2D eigenvalue weighted by molar-refractivity contribution is 5.90. The third-order valence-corrected chi connectivity index (χ3v) is 4.18. The van der Waals surface area contributed by atoms with Gasteiger partial charge in [0.15, 0.2) is 11.6 Å².